The molecule has 34 heavy (non-hydrogen) atoms. The number of carbonyl (C=O) groups excluding carboxylic acids is 2. The summed E-state index contributed by atoms with van der Waals surface area (Å²) in [6.45, 7) is 7.67. The monoisotopic (exact) mass is 469 g/mol. The molecule has 3 fully saturated rings. The minimum atomic E-state index is -0.500. The van der Waals surface area contributed by atoms with Crippen LogP contribution in [0.5, 0.6) is 0 Å². The second-order valence-corrected chi connectivity index (χ2v) is 12.0. The van der Waals surface area contributed by atoms with Crippen molar-refractivity contribution in [2.75, 3.05) is 33.7 Å². The van der Waals surface area contributed by atoms with E-state index in [0.29, 0.717) is 12.5 Å². The standard InChI is InChI=1S/C28H43N3O3/c1-26(2,3)34-24(32)14-19-30-21-27(31(25(30)33)20-22-10-9-11-22)15-17-28(18-16-27,29(4)5)23-12-7-6-8-13-23/h6-8,12-13,22H,9-11,14-21H2,1-5H3/t27-,28+. The van der Waals surface area contributed by atoms with E-state index in [2.05, 4.69) is 54.2 Å². The first-order valence-corrected chi connectivity index (χ1v) is 13.1. The number of carbonyl (C=O) groups is 2. The summed E-state index contributed by atoms with van der Waals surface area (Å²) in [5.41, 5.74) is 0.739. The molecule has 1 heterocycles. The number of hydrogen-bond acceptors (Lipinski definition) is 4. The summed E-state index contributed by atoms with van der Waals surface area (Å²) in [7, 11) is 4.37. The Kier molecular flexibility index (Phi) is 7.01. The van der Waals surface area contributed by atoms with Crippen LogP contribution in [0.4, 0.5) is 4.79 Å². The number of hydrogen-bond donors (Lipinski definition) is 0. The highest BCUT2D eigenvalue weighted by atomic mass is 16.6. The number of ether oxygens (including phenoxy) is 1. The van der Waals surface area contributed by atoms with Gasteiger partial charge in [0, 0.05) is 25.2 Å². The summed E-state index contributed by atoms with van der Waals surface area (Å²) in [5, 5.41) is 0. The molecule has 188 valence electrons. The molecule has 2 saturated carbocycles. The lowest BCUT2D eigenvalue weighted by Crippen LogP contribution is -2.56. The fourth-order valence-corrected chi connectivity index (χ4v) is 6.18. The van der Waals surface area contributed by atoms with E-state index < -0.39 is 5.60 Å². The van der Waals surface area contributed by atoms with Crippen LogP contribution in [0.25, 0.3) is 0 Å². The highest BCUT2D eigenvalue weighted by molar-refractivity contribution is 5.79. The predicted molar refractivity (Wildman–Crippen MR) is 134 cm³/mol. The molecule has 1 saturated heterocycles. The molecule has 0 bridgehead atoms. The van der Waals surface area contributed by atoms with Gasteiger partial charge in [0.05, 0.1) is 12.0 Å². The Morgan fingerprint density at radius 1 is 1.09 bits per heavy atom. The number of benzene rings is 1. The Balaban J connectivity index is 1.50. The van der Waals surface area contributed by atoms with Crippen molar-refractivity contribution < 1.29 is 14.3 Å². The number of esters is 1. The van der Waals surface area contributed by atoms with Gasteiger partial charge in [-0.05, 0) is 84.9 Å². The van der Waals surface area contributed by atoms with E-state index in [1.807, 2.05) is 25.7 Å². The zero-order valence-electron chi connectivity index (χ0n) is 21.8. The molecule has 2 amide bonds. The summed E-state index contributed by atoms with van der Waals surface area (Å²) >= 11 is 0. The maximum Gasteiger partial charge on any atom is 0.320 e. The average molecular weight is 470 g/mol. The van der Waals surface area contributed by atoms with Crippen molar-refractivity contribution in [3.8, 4) is 0 Å². The minimum absolute atomic E-state index is 0.00162. The van der Waals surface area contributed by atoms with Gasteiger partial charge < -0.3 is 14.5 Å². The fourth-order valence-electron chi connectivity index (χ4n) is 6.18. The van der Waals surface area contributed by atoms with Gasteiger partial charge >= 0.3 is 12.0 Å². The van der Waals surface area contributed by atoms with Crippen molar-refractivity contribution in [3.63, 3.8) is 0 Å². The molecule has 1 spiro atoms. The number of rotatable bonds is 7. The molecule has 6 nitrogen and oxygen atoms in total. The molecule has 0 unspecified atom stereocenters. The third-order valence-electron chi connectivity index (χ3n) is 8.41. The highest BCUT2D eigenvalue weighted by Gasteiger charge is 2.54. The molecule has 4 rings (SSSR count). The lowest BCUT2D eigenvalue weighted by atomic mass is 9.68. The third kappa shape index (κ3) is 4.98. The van der Waals surface area contributed by atoms with Gasteiger partial charge in [-0.1, -0.05) is 36.8 Å². The average Bonchev–Trinajstić information content (AvgIpc) is 3.00. The van der Waals surface area contributed by atoms with E-state index in [0.717, 1.165) is 38.8 Å². The molecular formula is C28H43N3O3. The maximum absolute atomic E-state index is 13.6. The van der Waals surface area contributed by atoms with Crippen LogP contribution in [0.1, 0.15) is 77.7 Å². The van der Waals surface area contributed by atoms with Crippen molar-refractivity contribution in [2.45, 2.75) is 88.8 Å². The van der Waals surface area contributed by atoms with E-state index in [-0.39, 0.29) is 29.5 Å². The topological polar surface area (TPSA) is 53.1 Å². The van der Waals surface area contributed by atoms with Crippen LogP contribution in [0, 0.1) is 5.92 Å². The van der Waals surface area contributed by atoms with Gasteiger partial charge in [0.15, 0.2) is 0 Å². The van der Waals surface area contributed by atoms with Crippen LogP contribution in [-0.2, 0) is 15.1 Å². The molecule has 1 aliphatic heterocycles. The number of amides is 2. The van der Waals surface area contributed by atoms with E-state index in [1.165, 1.54) is 24.8 Å². The first kappa shape index (κ1) is 25.0. The van der Waals surface area contributed by atoms with Gasteiger partial charge in [-0.15, -0.1) is 0 Å². The number of nitrogens with zero attached hydrogens (tertiary/aromatic N) is 3. The SMILES string of the molecule is CN(C)[C@]1(c2ccccc2)CC[C@]2(CC1)CN(CCC(=O)OC(C)(C)C)C(=O)N2CC1CCC1. The molecule has 0 N–H and O–H groups in total. The van der Waals surface area contributed by atoms with Crippen molar-refractivity contribution in [1.29, 1.82) is 0 Å². The zero-order chi connectivity index (χ0) is 24.6. The van der Waals surface area contributed by atoms with Gasteiger partial charge in [0.1, 0.15) is 5.60 Å². The van der Waals surface area contributed by atoms with Crippen LogP contribution in [0.2, 0.25) is 0 Å². The molecule has 0 atom stereocenters. The van der Waals surface area contributed by atoms with Crippen LogP contribution < -0.4 is 0 Å². The molecule has 2 aliphatic carbocycles. The Hall–Kier alpha value is -2.08. The first-order valence-electron chi connectivity index (χ1n) is 13.1. The molecule has 0 aromatic heterocycles. The van der Waals surface area contributed by atoms with Crippen molar-refractivity contribution in [1.82, 2.24) is 14.7 Å². The second kappa shape index (κ2) is 9.52. The predicted octanol–water partition coefficient (Wildman–Crippen LogP) is 5.03. The lowest BCUT2D eigenvalue weighted by molar-refractivity contribution is -0.155. The molecule has 0 radical (unpaired) electrons. The normalized spacial score (nSPS) is 28.0. The molecular weight excluding hydrogens is 426 g/mol. The van der Waals surface area contributed by atoms with Crippen molar-refractivity contribution in [2.24, 2.45) is 5.92 Å². The first-order chi connectivity index (χ1) is 16.0. The second-order valence-electron chi connectivity index (χ2n) is 12.0. The van der Waals surface area contributed by atoms with Crippen LogP contribution in [0.15, 0.2) is 30.3 Å². The van der Waals surface area contributed by atoms with E-state index in [9.17, 15) is 9.59 Å². The lowest BCUT2D eigenvalue weighted by Gasteiger charge is -2.51. The Labute approximate surface area is 205 Å². The summed E-state index contributed by atoms with van der Waals surface area (Å²) < 4.78 is 5.49. The summed E-state index contributed by atoms with van der Waals surface area (Å²) in [6, 6.07) is 11.0. The van der Waals surface area contributed by atoms with Crippen molar-refractivity contribution in [3.05, 3.63) is 35.9 Å². The Morgan fingerprint density at radius 3 is 2.26 bits per heavy atom. The summed E-state index contributed by atoms with van der Waals surface area (Å²) in [6.07, 6.45) is 8.01. The molecule has 1 aromatic rings. The summed E-state index contributed by atoms with van der Waals surface area (Å²) in [5.74, 6) is 0.396. The van der Waals surface area contributed by atoms with Gasteiger partial charge in [-0.2, -0.15) is 0 Å². The van der Waals surface area contributed by atoms with Gasteiger partial charge in [-0.25, -0.2) is 4.79 Å². The third-order valence-corrected chi connectivity index (χ3v) is 8.41. The summed E-state index contributed by atoms with van der Waals surface area (Å²) in [4.78, 5) is 32.5. The van der Waals surface area contributed by atoms with Crippen LogP contribution in [0.3, 0.4) is 0 Å². The van der Waals surface area contributed by atoms with Crippen LogP contribution in [-0.4, -0.2) is 71.6 Å². The largest absolute Gasteiger partial charge is 0.460 e. The van der Waals surface area contributed by atoms with Gasteiger partial charge in [-0.3, -0.25) is 9.69 Å². The Bertz CT molecular complexity index is 865. The van der Waals surface area contributed by atoms with Crippen LogP contribution >= 0.6 is 0 Å². The fraction of sp³-hybridized carbons (Fsp3) is 0.714. The number of urea groups is 1. The highest BCUT2D eigenvalue weighted by Crippen LogP contribution is 2.49. The molecule has 6 heteroatoms. The van der Waals surface area contributed by atoms with E-state index in [1.54, 1.807) is 0 Å². The van der Waals surface area contributed by atoms with E-state index in [4.69, 9.17) is 4.74 Å². The molecule has 3 aliphatic rings. The smallest absolute Gasteiger partial charge is 0.320 e. The van der Waals surface area contributed by atoms with Gasteiger partial charge in [0.25, 0.3) is 0 Å². The quantitative estimate of drug-likeness (QED) is 0.526. The zero-order valence-corrected chi connectivity index (χ0v) is 21.8. The maximum atomic E-state index is 13.6. The van der Waals surface area contributed by atoms with E-state index >= 15 is 0 Å². The van der Waals surface area contributed by atoms with Gasteiger partial charge in [0.2, 0.25) is 0 Å². The Morgan fingerprint density at radius 2 is 1.74 bits per heavy atom. The van der Waals surface area contributed by atoms with Crippen molar-refractivity contribution >= 4 is 12.0 Å². The minimum Gasteiger partial charge on any atom is -0.460 e. The molecule has 1 aromatic carbocycles.